The molecule has 6 nitrogen and oxygen atoms in total. The summed E-state index contributed by atoms with van der Waals surface area (Å²) in [5.74, 6) is 0.180. The standard InChI is InChI=1S/C18H21ClN2O4S/c1-12(14-7-5-6-8-17(14)25-4)20-18(22)15-11-13(9-10-16(15)19)26(23,24)21(2)3/h5-12H,1-4H3,(H,20,22)/t12-/m1/s1. The number of hydrogen-bond donors (Lipinski definition) is 1. The molecular formula is C18H21ClN2O4S. The van der Waals surface area contributed by atoms with Crippen LogP contribution in [0.1, 0.15) is 28.9 Å². The maximum absolute atomic E-state index is 12.7. The first kappa shape index (κ1) is 20.2. The molecule has 26 heavy (non-hydrogen) atoms. The summed E-state index contributed by atoms with van der Waals surface area (Å²) in [6, 6.07) is 11.0. The minimum atomic E-state index is -3.67. The van der Waals surface area contributed by atoms with Gasteiger partial charge in [0.1, 0.15) is 5.75 Å². The van der Waals surface area contributed by atoms with Crippen LogP contribution in [0, 0.1) is 0 Å². The SMILES string of the molecule is COc1ccccc1[C@@H](C)NC(=O)c1cc(S(=O)(=O)N(C)C)ccc1Cl. The number of methoxy groups -OCH3 is 1. The number of nitrogens with zero attached hydrogens (tertiary/aromatic N) is 1. The topological polar surface area (TPSA) is 75.7 Å². The van der Waals surface area contributed by atoms with Crippen molar-refractivity contribution in [1.29, 1.82) is 0 Å². The fourth-order valence-corrected chi connectivity index (χ4v) is 3.56. The Labute approximate surface area is 158 Å². The fraction of sp³-hybridized carbons (Fsp3) is 0.278. The van der Waals surface area contributed by atoms with Crippen LogP contribution in [-0.4, -0.2) is 39.8 Å². The van der Waals surface area contributed by atoms with E-state index in [-0.39, 0.29) is 21.5 Å². The number of nitrogens with one attached hydrogen (secondary N) is 1. The first-order valence-electron chi connectivity index (χ1n) is 7.84. The Bertz CT molecular complexity index is 913. The van der Waals surface area contributed by atoms with E-state index in [0.717, 1.165) is 9.87 Å². The van der Waals surface area contributed by atoms with E-state index in [1.807, 2.05) is 25.1 Å². The number of benzene rings is 2. The summed E-state index contributed by atoms with van der Waals surface area (Å²) >= 11 is 6.11. The molecule has 0 radical (unpaired) electrons. The molecule has 0 aromatic heterocycles. The average molecular weight is 397 g/mol. The summed E-state index contributed by atoms with van der Waals surface area (Å²) in [6.45, 7) is 1.81. The van der Waals surface area contributed by atoms with Crippen LogP contribution < -0.4 is 10.1 Å². The highest BCUT2D eigenvalue weighted by molar-refractivity contribution is 7.89. The molecule has 1 atom stereocenters. The average Bonchev–Trinajstić information content (AvgIpc) is 2.61. The van der Waals surface area contributed by atoms with Crippen molar-refractivity contribution < 1.29 is 17.9 Å². The van der Waals surface area contributed by atoms with Gasteiger partial charge in [-0.05, 0) is 31.2 Å². The summed E-state index contributed by atoms with van der Waals surface area (Å²) in [5, 5.41) is 3.00. The van der Waals surface area contributed by atoms with E-state index in [9.17, 15) is 13.2 Å². The van der Waals surface area contributed by atoms with Crippen LogP contribution in [-0.2, 0) is 10.0 Å². The molecular weight excluding hydrogens is 376 g/mol. The normalized spacial score (nSPS) is 12.7. The van der Waals surface area contributed by atoms with Gasteiger partial charge in [0.15, 0.2) is 0 Å². The van der Waals surface area contributed by atoms with E-state index in [1.54, 1.807) is 13.2 Å². The van der Waals surface area contributed by atoms with Gasteiger partial charge < -0.3 is 10.1 Å². The molecule has 0 unspecified atom stereocenters. The van der Waals surface area contributed by atoms with Crippen molar-refractivity contribution in [3.8, 4) is 5.75 Å². The molecule has 8 heteroatoms. The van der Waals surface area contributed by atoms with E-state index in [1.165, 1.54) is 32.3 Å². The number of halogens is 1. The van der Waals surface area contributed by atoms with Gasteiger partial charge in [-0.1, -0.05) is 29.8 Å². The molecule has 0 aliphatic rings. The van der Waals surface area contributed by atoms with Gasteiger partial charge in [0.05, 0.1) is 28.6 Å². The third kappa shape index (κ3) is 4.17. The number of para-hydroxylation sites is 1. The van der Waals surface area contributed by atoms with Crippen molar-refractivity contribution in [2.45, 2.75) is 17.9 Å². The predicted molar refractivity (Wildman–Crippen MR) is 101 cm³/mol. The molecule has 140 valence electrons. The summed E-state index contributed by atoms with van der Waals surface area (Å²) in [7, 11) is 0.737. The lowest BCUT2D eigenvalue weighted by Gasteiger charge is -2.18. The van der Waals surface area contributed by atoms with Crippen molar-refractivity contribution in [3.05, 3.63) is 58.6 Å². The Morgan fingerprint density at radius 2 is 1.85 bits per heavy atom. The number of rotatable bonds is 6. The summed E-state index contributed by atoms with van der Waals surface area (Å²) in [5.41, 5.74) is 0.896. The van der Waals surface area contributed by atoms with Crippen LogP contribution >= 0.6 is 11.6 Å². The second kappa shape index (κ2) is 8.07. The zero-order valence-electron chi connectivity index (χ0n) is 15.0. The fourth-order valence-electron chi connectivity index (χ4n) is 2.43. The Balaban J connectivity index is 2.32. The smallest absolute Gasteiger partial charge is 0.253 e. The van der Waals surface area contributed by atoms with Gasteiger partial charge in [0.25, 0.3) is 5.91 Å². The third-order valence-corrected chi connectivity index (χ3v) is 6.05. The van der Waals surface area contributed by atoms with Crippen LogP contribution in [0.4, 0.5) is 0 Å². The van der Waals surface area contributed by atoms with Crippen LogP contribution in [0.3, 0.4) is 0 Å². The van der Waals surface area contributed by atoms with E-state index >= 15 is 0 Å². The van der Waals surface area contributed by atoms with Crippen molar-refractivity contribution in [2.75, 3.05) is 21.2 Å². The highest BCUT2D eigenvalue weighted by Crippen LogP contribution is 2.26. The first-order valence-corrected chi connectivity index (χ1v) is 9.66. The molecule has 2 aromatic carbocycles. The minimum Gasteiger partial charge on any atom is -0.496 e. The third-order valence-electron chi connectivity index (χ3n) is 3.91. The maximum Gasteiger partial charge on any atom is 0.253 e. The maximum atomic E-state index is 12.7. The lowest BCUT2D eigenvalue weighted by molar-refractivity contribution is 0.0939. The highest BCUT2D eigenvalue weighted by Gasteiger charge is 2.22. The van der Waals surface area contributed by atoms with E-state index in [2.05, 4.69) is 5.32 Å². The van der Waals surface area contributed by atoms with Gasteiger partial charge >= 0.3 is 0 Å². The zero-order valence-corrected chi connectivity index (χ0v) is 16.6. The van der Waals surface area contributed by atoms with Crippen LogP contribution in [0.2, 0.25) is 5.02 Å². The van der Waals surface area contributed by atoms with E-state index < -0.39 is 15.9 Å². The van der Waals surface area contributed by atoms with Gasteiger partial charge in [0.2, 0.25) is 10.0 Å². The molecule has 0 fully saturated rings. The van der Waals surface area contributed by atoms with Crippen molar-refractivity contribution in [2.24, 2.45) is 0 Å². The highest BCUT2D eigenvalue weighted by atomic mass is 35.5. The second-order valence-corrected chi connectivity index (χ2v) is 8.43. The monoisotopic (exact) mass is 396 g/mol. The van der Waals surface area contributed by atoms with E-state index in [4.69, 9.17) is 16.3 Å². The molecule has 0 aliphatic heterocycles. The number of carbonyl (C=O) groups is 1. The molecule has 0 bridgehead atoms. The van der Waals surface area contributed by atoms with Crippen molar-refractivity contribution >= 4 is 27.5 Å². The molecule has 1 N–H and O–H groups in total. The summed E-state index contributed by atoms with van der Waals surface area (Å²) < 4.78 is 30.9. The zero-order chi connectivity index (χ0) is 19.5. The summed E-state index contributed by atoms with van der Waals surface area (Å²) in [4.78, 5) is 12.7. The molecule has 2 rings (SSSR count). The molecule has 0 saturated heterocycles. The molecule has 2 aromatic rings. The van der Waals surface area contributed by atoms with Crippen LogP contribution in [0.25, 0.3) is 0 Å². The number of hydrogen-bond acceptors (Lipinski definition) is 4. The largest absolute Gasteiger partial charge is 0.496 e. The second-order valence-electron chi connectivity index (χ2n) is 5.87. The quantitative estimate of drug-likeness (QED) is 0.814. The molecule has 0 aliphatic carbocycles. The number of sulfonamides is 1. The van der Waals surface area contributed by atoms with Gasteiger partial charge in [-0.2, -0.15) is 0 Å². The number of carbonyl (C=O) groups excluding carboxylic acids is 1. The minimum absolute atomic E-state index is 0.00185. The first-order chi connectivity index (χ1) is 12.2. The summed E-state index contributed by atoms with van der Waals surface area (Å²) in [6.07, 6.45) is 0. The molecule has 1 amide bonds. The lowest BCUT2D eigenvalue weighted by Crippen LogP contribution is -2.28. The van der Waals surface area contributed by atoms with Crippen LogP contribution in [0.15, 0.2) is 47.4 Å². The molecule has 0 spiro atoms. The molecule has 0 saturated carbocycles. The van der Waals surface area contributed by atoms with Gasteiger partial charge in [0, 0.05) is 19.7 Å². The van der Waals surface area contributed by atoms with Crippen LogP contribution in [0.5, 0.6) is 5.75 Å². The Morgan fingerprint density at radius 3 is 2.46 bits per heavy atom. The molecule has 0 heterocycles. The Kier molecular flexibility index (Phi) is 6.28. The Hall–Kier alpha value is -2.09. The van der Waals surface area contributed by atoms with Gasteiger partial charge in [-0.15, -0.1) is 0 Å². The number of amides is 1. The van der Waals surface area contributed by atoms with Gasteiger partial charge in [-0.3, -0.25) is 4.79 Å². The van der Waals surface area contributed by atoms with E-state index in [0.29, 0.717) is 5.75 Å². The van der Waals surface area contributed by atoms with Gasteiger partial charge in [-0.25, -0.2) is 12.7 Å². The Morgan fingerprint density at radius 1 is 1.19 bits per heavy atom. The van der Waals surface area contributed by atoms with Crippen molar-refractivity contribution in [1.82, 2.24) is 9.62 Å². The predicted octanol–water partition coefficient (Wildman–Crippen LogP) is 3.09. The van der Waals surface area contributed by atoms with Crippen molar-refractivity contribution in [3.63, 3.8) is 0 Å². The number of ether oxygens (including phenoxy) is 1. The lowest BCUT2D eigenvalue weighted by atomic mass is 10.1.